The van der Waals surface area contributed by atoms with Gasteiger partial charge < -0.3 is 4.74 Å². The highest BCUT2D eigenvalue weighted by molar-refractivity contribution is 6.29. The van der Waals surface area contributed by atoms with Crippen LogP contribution in [0.15, 0.2) is 18.3 Å². The van der Waals surface area contributed by atoms with Crippen LogP contribution in [-0.2, 0) is 11.2 Å². The molecule has 1 heterocycles. The molecule has 0 unspecified atom stereocenters. The van der Waals surface area contributed by atoms with Crippen LogP contribution < -0.4 is 0 Å². The van der Waals surface area contributed by atoms with Crippen LogP contribution in [0, 0.1) is 6.42 Å². The zero-order chi connectivity index (χ0) is 8.81. The number of hydrogen-bond acceptors (Lipinski definition) is 2. The Bertz CT molecular complexity index is 222. The molecule has 0 spiro atoms. The highest BCUT2D eigenvalue weighted by atomic mass is 35.5. The Kier molecular flexibility index (Phi) is 4.05. The monoisotopic (exact) mass is 184 g/mol. The predicted octanol–water partition coefficient (Wildman–Crippen LogP) is 2.13. The molecule has 0 aliphatic carbocycles. The first-order valence-electron chi connectivity index (χ1n) is 3.74. The summed E-state index contributed by atoms with van der Waals surface area (Å²) < 4.78 is 4.89. The van der Waals surface area contributed by atoms with Gasteiger partial charge in [0.15, 0.2) is 0 Å². The summed E-state index contributed by atoms with van der Waals surface area (Å²) in [5.41, 5.74) is 1.15. The average Bonchev–Trinajstić information content (AvgIpc) is 2.09. The summed E-state index contributed by atoms with van der Waals surface area (Å²) in [4.78, 5) is 3.96. The van der Waals surface area contributed by atoms with Crippen LogP contribution in [0.4, 0.5) is 0 Å². The molecular weight excluding hydrogens is 174 g/mol. The maximum atomic E-state index is 5.63. The van der Waals surface area contributed by atoms with E-state index in [1.54, 1.807) is 19.4 Å². The van der Waals surface area contributed by atoms with Crippen molar-refractivity contribution in [1.29, 1.82) is 0 Å². The zero-order valence-electron chi connectivity index (χ0n) is 6.96. The maximum Gasteiger partial charge on any atom is 0.129 e. The molecule has 0 saturated carbocycles. The summed E-state index contributed by atoms with van der Waals surface area (Å²) in [5, 5.41) is 0.533. The van der Waals surface area contributed by atoms with E-state index in [-0.39, 0.29) is 0 Å². The number of aromatic nitrogens is 1. The summed E-state index contributed by atoms with van der Waals surface area (Å²) in [6, 6.07) is 3.75. The molecule has 0 bridgehead atoms. The van der Waals surface area contributed by atoms with Crippen molar-refractivity contribution in [3.63, 3.8) is 0 Å². The number of methoxy groups -OCH3 is 1. The van der Waals surface area contributed by atoms with Crippen molar-refractivity contribution in [3.8, 4) is 0 Å². The first-order valence-corrected chi connectivity index (χ1v) is 4.12. The van der Waals surface area contributed by atoms with Crippen molar-refractivity contribution >= 4 is 11.6 Å². The van der Waals surface area contributed by atoms with Gasteiger partial charge in [-0.1, -0.05) is 17.7 Å². The fourth-order valence-electron chi connectivity index (χ4n) is 0.871. The molecule has 1 aromatic heterocycles. The molecule has 0 aliphatic rings. The van der Waals surface area contributed by atoms with Crippen LogP contribution in [0.5, 0.6) is 0 Å². The smallest absolute Gasteiger partial charge is 0.129 e. The molecule has 1 rings (SSSR count). The van der Waals surface area contributed by atoms with Crippen LogP contribution in [-0.4, -0.2) is 18.7 Å². The third kappa shape index (κ3) is 3.20. The summed E-state index contributed by atoms with van der Waals surface area (Å²) >= 11 is 5.63. The van der Waals surface area contributed by atoms with E-state index in [4.69, 9.17) is 16.3 Å². The van der Waals surface area contributed by atoms with Gasteiger partial charge in [-0.25, -0.2) is 4.98 Å². The van der Waals surface area contributed by atoms with E-state index in [2.05, 4.69) is 4.98 Å². The van der Waals surface area contributed by atoms with Crippen molar-refractivity contribution in [2.24, 2.45) is 0 Å². The van der Waals surface area contributed by atoms with E-state index in [0.29, 0.717) is 11.8 Å². The first-order chi connectivity index (χ1) is 5.83. The number of rotatable bonds is 4. The molecule has 65 valence electrons. The van der Waals surface area contributed by atoms with Crippen molar-refractivity contribution in [3.05, 3.63) is 35.5 Å². The van der Waals surface area contributed by atoms with Gasteiger partial charge in [-0.05, 0) is 24.5 Å². The van der Waals surface area contributed by atoms with Crippen LogP contribution >= 0.6 is 11.6 Å². The van der Waals surface area contributed by atoms with Crippen LogP contribution in [0.25, 0.3) is 0 Å². The van der Waals surface area contributed by atoms with Gasteiger partial charge in [0, 0.05) is 19.9 Å². The Labute approximate surface area is 77.5 Å². The van der Waals surface area contributed by atoms with Crippen LogP contribution in [0.3, 0.4) is 0 Å². The normalized spacial score (nSPS) is 10.2. The second-order valence-corrected chi connectivity index (χ2v) is 2.82. The molecule has 0 atom stereocenters. The summed E-state index contributed by atoms with van der Waals surface area (Å²) in [5.74, 6) is 0. The lowest BCUT2D eigenvalue weighted by atomic mass is 10.2. The molecule has 1 aromatic rings. The van der Waals surface area contributed by atoms with Gasteiger partial charge in [-0.15, -0.1) is 0 Å². The molecule has 0 amide bonds. The first kappa shape index (κ1) is 9.49. The van der Waals surface area contributed by atoms with E-state index >= 15 is 0 Å². The molecule has 0 fully saturated rings. The van der Waals surface area contributed by atoms with Crippen molar-refractivity contribution < 1.29 is 4.74 Å². The Morgan fingerprint density at radius 2 is 2.42 bits per heavy atom. The average molecular weight is 185 g/mol. The highest BCUT2D eigenvalue weighted by Crippen LogP contribution is 2.06. The number of hydrogen-bond donors (Lipinski definition) is 0. The molecule has 0 saturated heterocycles. The van der Waals surface area contributed by atoms with Gasteiger partial charge in [0.25, 0.3) is 0 Å². The number of nitrogens with zero attached hydrogens (tertiary/aromatic N) is 1. The molecule has 0 aliphatic heterocycles. The fourth-order valence-corrected chi connectivity index (χ4v) is 0.982. The Morgan fingerprint density at radius 1 is 1.58 bits per heavy atom. The maximum absolute atomic E-state index is 5.63. The minimum Gasteiger partial charge on any atom is -0.384 e. The highest BCUT2D eigenvalue weighted by Gasteiger charge is 1.93. The molecule has 1 radical (unpaired) electrons. The third-order valence-corrected chi connectivity index (χ3v) is 1.68. The van der Waals surface area contributed by atoms with E-state index in [1.165, 1.54) is 0 Å². The number of halogens is 1. The summed E-state index contributed by atoms with van der Waals surface area (Å²) in [6.45, 7) is 0.669. The van der Waals surface area contributed by atoms with Crippen LogP contribution in [0.1, 0.15) is 5.56 Å². The minimum absolute atomic E-state index is 0.533. The molecule has 0 aromatic carbocycles. The van der Waals surface area contributed by atoms with Crippen LogP contribution in [0.2, 0.25) is 5.15 Å². The number of pyridine rings is 1. The van der Waals surface area contributed by atoms with Gasteiger partial charge in [0.2, 0.25) is 0 Å². The van der Waals surface area contributed by atoms with Gasteiger partial charge in [-0.3, -0.25) is 0 Å². The summed E-state index contributed by atoms with van der Waals surface area (Å²) in [6.07, 6.45) is 4.69. The predicted molar refractivity (Wildman–Crippen MR) is 49.1 cm³/mol. The largest absolute Gasteiger partial charge is 0.384 e. The van der Waals surface area contributed by atoms with E-state index in [0.717, 1.165) is 12.0 Å². The topological polar surface area (TPSA) is 22.1 Å². The summed E-state index contributed by atoms with van der Waals surface area (Å²) in [7, 11) is 1.68. The number of ether oxygens (including phenoxy) is 1. The van der Waals surface area contributed by atoms with E-state index in [9.17, 15) is 0 Å². The standard InChI is InChI=1S/C9H11ClNO/c1-12-6-2-3-8-4-5-9(10)11-7-8/h2,4-5,7H,3,6H2,1H3. The molecule has 3 heteroatoms. The van der Waals surface area contributed by atoms with Gasteiger partial charge in [-0.2, -0.15) is 0 Å². The van der Waals surface area contributed by atoms with Crippen molar-refractivity contribution in [1.82, 2.24) is 4.98 Å². The molecule has 2 nitrogen and oxygen atoms in total. The lowest BCUT2D eigenvalue weighted by Gasteiger charge is -1.99. The van der Waals surface area contributed by atoms with Crippen molar-refractivity contribution in [2.75, 3.05) is 13.7 Å². The Morgan fingerprint density at radius 3 is 3.00 bits per heavy atom. The minimum atomic E-state index is 0.533. The van der Waals surface area contributed by atoms with E-state index < -0.39 is 0 Å². The molecule has 12 heavy (non-hydrogen) atoms. The van der Waals surface area contributed by atoms with Gasteiger partial charge in [0.05, 0.1) is 0 Å². The molecule has 0 N–H and O–H groups in total. The Balaban J connectivity index is 2.37. The SMILES string of the molecule is COC[CH]Cc1ccc(Cl)nc1. The second kappa shape index (κ2) is 5.12. The fraction of sp³-hybridized carbons (Fsp3) is 0.333. The van der Waals surface area contributed by atoms with E-state index in [1.807, 2.05) is 12.5 Å². The second-order valence-electron chi connectivity index (χ2n) is 2.44. The van der Waals surface area contributed by atoms with Gasteiger partial charge >= 0.3 is 0 Å². The lowest BCUT2D eigenvalue weighted by Crippen LogP contribution is -1.94. The van der Waals surface area contributed by atoms with Gasteiger partial charge in [0.1, 0.15) is 5.15 Å². The molecular formula is C9H11ClNO. The third-order valence-electron chi connectivity index (χ3n) is 1.45. The lowest BCUT2D eigenvalue weighted by molar-refractivity contribution is 0.221. The quantitative estimate of drug-likeness (QED) is 0.528. The zero-order valence-corrected chi connectivity index (χ0v) is 7.71. The Hall–Kier alpha value is -0.600. The van der Waals surface area contributed by atoms with Crippen molar-refractivity contribution in [2.45, 2.75) is 6.42 Å².